The van der Waals surface area contributed by atoms with E-state index < -0.39 is 0 Å². The zero-order valence-corrected chi connectivity index (χ0v) is 11.6. The van der Waals surface area contributed by atoms with E-state index in [-0.39, 0.29) is 0 Å². The van der Waals surface area contributed by atoms with Gasteiger partial charge in [0.25, 0.3) is 0 Å². The van der Waals surface area contributed by atoms with Crippen LogP contribution in [0.3, 0.4) is 0 Å². The molecule has 1 heterocycles. The van der Waals surface area contributed by atoms with Crippen LogP contribution in [0.5, 0.6) is 0 Å². The molecule has 0 amide bonds. The van der Waals surface area contributed by atoms with Gasteiger partial charge in [0.1, 0.15) is 0 Å². The summed E-state index contributed by atoms with van der Waals surface area (Å²) < 4.78 is 7.87. The Kier molecular flexibility index (Phi) is 5.20. The third-order valence-electron chi connectivity index (χ3n) is 3.26. The Morgan fingerprint density at radius 3 is 3.00 bits per heavy atom. The molecule has 0 atom stereocenters. The molecule has 4 nitrogen and oxygen atoms in total. The van der Waals surface area contributed by atoms with E-state index in [2.05, 4.69) is 28.7 Å². The molecule has 1 aromatic heterocycles. The Hall–Kier alpha value is -0.870. The zero-order valence-electron chi connectivity index (χ0n) is 11.6. The third-order valence-corrected chi connectivity index (χ3v) is 3.26. The van der Waals surface area contributed by atoms with E-state index >= 15 is 0 Å². The molecule has 1 aromatic rings. The molecule has 1 aliphatic rings. The highest BCUT2D eigenvalue weighted by Crippen LogP contribution is 2.35. The van der Waals surface area contributed by atoms with Gasteiger partial charge in [-0.1, -0.05) is 13.8 Å². The van der Waals surface area contributed by atoms with Crippen LogP contribution < -0.4 is 5.32 Å². The van der Waals surface area contributed by atoms with Crippen molar-refractivity contribution >= 4 is 0 Å². The van der Waals surface area contributed by atoms with Crippen molar-refractivity contribution in [3.05, 3.63) is 18.2 Å². The Balaban J connectivity index is 1.54. The van der Waals surface area contributed by atoms with Crippen molar-refractivity contribution in [2.75, 3.05) is 19.8 Å². The summed E-state index contributed by atoms with van der Waals surface area (Å²) in [7, 11) is 0. The molecule has 1 aliphatic carbocycles. The van der Waals surface area contributed by atoms with Crippen molar-refractivity contribution in [3.8, 4) is 0 Å². The van der Waals surface area contributed by atoms with E-state index in [1.54, 1.807) is 0 Å². The molecule has 0 unspecified atom stereocenters. The van der Waals surface area contributed by atoms with E-state index in [0.29, 0.717) is 6.04 Å². The van der Waals surface area contributed by atoms with Gasteiger partial charge in [0.05, 0.1) is 18.6 Å². The van der Waals surface area contributed by atoms with Gasteiger partial charge in [0.2, 0.25) is 0 Å². The number of hydrogen-bond donors (Lipinski definition) is 1. The van der Waals surface area contributed by atoms with Gasteiger partial charge in [-0.3, -0.25) is 0 Å². The maximum atomic E-state index is 5.57. The maximum Gasteiger partial charge on any atom is 0.0951 e. The van der Waals surface area contributed by atoms with Crippen LogP contribution in [0.4, 0.5) is 0 Å². The van der Waals surface area contributed by atoms with Crippen molar-refractivity contribution < 1.29 is 4.74 Å². The highest BCUT2D eigenvalue weighted by Gasteiger charge is 2.24. The molecule has 1 saturated carbocycles. The highest BCUT2D eigenvalue weighted by molar-refractivity contribution is 5.03. The number of hydrogen-bond acceptors (Lipinski definition) is 3. The van der Waals surface area contributed by atoms with Crippen molar-refractivity contribution in [2.24, 2.45) is 5.92 Å². The maximum absolute atomic E-state index is 5.57. The van der Waals surface area contributed by atoms with Crippen molar-refractivity contribution in [3.63, 3.8) is 0 Å². The predicted molar refractivity (Wildman–Crippen MR) is 72.5 cm³/mol. The predicted octanol–water partition coefficient (Wildman–Crippen LogP) is 2.37. The smallest absolute Gasteiger partial charge is 0.0951 e. The number of aromatic nitrogens is 2. The molecule has 18 heavy (non-hydrogen) atoms. The first-order valence-electron chi connectivity index (χ1n) is 7.06. The SMILES string of the molecule is CC(C)CCOCCNCc1cncn1C1CC1. The largest absolute Gasteiger partial charge is 0.380 e. The molecule has 0 radical (unpaired) electrons. The quantitative estimate of drug-likeness (QED) is 0.685. The van der Waals surface area contributed by atoms with Crippen LogP contribution >= 0.6 is 0 Å². The summed E-state index contributed by atoms with van der Waals surface area (Å²) in [4.78, 5) is 4.22. The normalized spacial score (nSPS) is 15.5. The molecular weight excluding hydrogens is 226 g/mol. The standard InChI is InChI=1S/C14H25N3O/c1-12(2)5-7-18-8-6-15-9-14-10-16-11-17(14)13-3-4-13/h10-13,15H,3-9H2,1-2H3. The molecule has 0 spiro atoms. The van der Waals surface area contributed by atoms with Gasteiger partial charge in [0, 0.05) is 31.9 Å². The summed E-state index contributed by atoms with van der Waals surface area (Å²) in [5, 5.41) is 3.41. The number of imidazole rings is 1. The fourth-order valence-electron chi connectivity index (χ4n) is 1.93. The van der Waals surface area contributed by atoms with E-state index in [1.807, 2.05) is 12.5 Å². The van der Waals surface area contributed by atoms with Gasteiger partial charge >= 0.3 is 0 Å². The molecule has 0 saturated heterocycles. The molecule has 0 aliphatic heterocycles. The molecular formula is C14H25N3O. The molecule has 2 rings (SSSR count). The number of rotatable bonds is 9. The first kappa shape index (κ1) is 13.6. The molecule has 1 fully saturated rings. The third kappa shape index (κ3) is 4.42. The average Bonchev–Trinajstić information content (AvgIpc) is 3.08. The first-order chi connectivity index (χ1) is 8.77. The van der Waals surface area contributed by atoms with E-state index in [1.165, 1.54) is 18.5 Å². The Morgan fingerprint density at radius 1 is 1.44 bits per heavy atom. The Bertz CT molecular complexity index is 345. The van der Waals surface area contributed by atoms with Crippen LogP contribution in [-0.2, 0) is 11.3 Å². The lowest BCUT2D eigenvalue weighted by molar-refractivity contribution is 0.125. The lowest BCUT2D eigenvalue weighted by Gasteiger charge is -2.09. The average molecular weight is 251 g/mol. The minimum Gasteiger partial charge on any atom is -0.380 e. The summed E-state index contributed by atoms with van der Waals surface area (Å²) in [5.41, 5.74) is 1.29. The van der Waals surface area contributed by atoms with Crippen LogP contribution in [0.2, 0.25) is 0 Å². The fourth-order valence-corrected chi connectivity index (χ4v) is 1.93. The van der Waals surface area contributed by atoms with Gasteiger partial charge in [-0.2, -0.15) is 0 Å². The lowest BCUT2D eigenvalue weighted by Crippen LogP contribution is -2.21. The fraction of sp³-hybridized carbons (Fsp3) is 0.786. The van der Waals surface area contributed by atoms with Crippen LogP contribution in [0.15, 0.2) is 12.5 Å². The monoisotopic (exact) mass is 251 g/mol. The first-order valence-corrected chi connectivity index (χ1v) is 7.06. The van der Waals surface area contributed by atoms with Gasteiger partial charge in [-0.25, -0.2) is 4.98 Å². The Morgan fingerprint density at radius 2 is 2.28 bits per heavy atom. The number of nitrogens with one attached hydrogen (secondary N) is 1. The van der Waals surface area contributed by atoms with Crippen LogP contribution in [0.1, 0.15) is 44.8 Å². The summed E-state index contributed by atoms with van der Waals surface area (Å²) in [6, 6.07) is 0.714. The lowest BCUT2D eigenvalue weighted by atomic mass is 10.1. The number of nitrogens with zero attached hydrogens (tertiary/aromatic N) is 2. The van der Waals surface area contributed by atoms with E-state index in [0.717, 1.165) is 38.6 Å². The van der Waals surface area contributed by atoms with E-state index in [9.17, 15) is 0 Å². The minimum absolute atomic E-state index is 0.714. The summed E-state index contributed by atoms with van der Waals surface area (Å²) in [6.45, 7) is 7.92. The summed E-state index contributed by atoms with van der Waals surface area (Å²) >= 11 is 0. The zero-order chi connectivity index (χ0) is 12.8. The highest BCUT2D eigenvalue weighted by atomic mass is 16.5. The van der Waals surface area contributed by atoms with Crippen molar-refractivity contribution in [2.45, 2.75) is 45.7 Å². The van der Waals surface area contributed by atoms with Gasteiger partial charge < -0.3 is 14.6 Å². The van der Waals surface area contributed by atoms with Crippen LogP contribution in [0.25, 0.3) is 0 Å². The van der Waals surface area contributed by atoms with E-state index in [4.69, 9.17) is 4.74 Å². The van der Waals surface area contributed by atoms with Crippen LogP contribution in [-0.4, -0.2) is 29.3 Å². The van der Waals surface area contributed by atoms with Crippen molar-refractivity contribution in [1.82, 2.24) is 14.9 Å². The second-order valence-electron chi connectivity index (χ2n) is 5.50. The summed E-state index contributed by atoms with van der Waals surface area (Å²) in [5.74, 6) is 0.728. The molecule has 0 aromatic carbocycles. The van der Waals surface area contributed by atoms with Gasteiger partial charge in [-0.05, 0) is 25.2 Å². The molecule has 102 valence electrons. The minimum atomic E-state index is 0.714. The van der Waals surface area contributed by atoms with Crippen LogP contribution in [0, 0.1) is 5.92 Å². The van der Waals surface area contributed by atoms with Gasteiger partial charge in [-0.15, -0.1) is 0 Å². The Labute approximate surface area is 110 Å². The molecule has 0 bridgehead atoms. The number of ether oxygens (including phenoxy) is 1. The molecule has 4 heteroatoms. The second kappa shape index (κ2) is 6.90. The molecule has 1 N–H and O–H groups in total. The van der Waals surface area contributed by atoms with Gasteiger partial charge in [0.15, 0.2) is 0 Å². The van der Waals surface area contributed by atoms with Crippen molar-refractivity contribution in [1.29, 1.82) is 0 Å². The summed E-state index contributed by atoms with van der Waals surface area (Å²) in [6.07, 6.45) is 7.68. The second-order valence-corrected chi connectivity index (χ2v) is 5.50. The topological polar surface area (TPSA) is 39.1 Å².